The molecule has 1 heterocycles. The van der Waals surface area contributed by atoms with Gasteiger partial charge in [-0.15, -0.1) is 11.3 Å². The van der Waals surface area contributed by atoms with Gasteiger partial charge in [0.25, 0.3) is 0 Å². The van der Waals surface area contributed by atoms with E-state index in [4.69, 9.17) is 10.1 Å². The molecule has 1 aromatic rings. The van der Waals surface area contributed by atoms with Crippen LogP contribution in [-0.2, 0) is 20.4 Å². The molecule has 3 rings (SSSR count). The summed E-state index contributed by atoms with van der Waals surface area (Å²) in [6.45, 7) is 14.1. The van der Waals surface area contributed by atoms with Gasteiger partial charge in [0.15, 0.2) is 5.13 Å². The second-order valence-corrected chi connectivity index (χ2v) is 10.2. The summed E-state index contributed by atoms with van der Waals surface area (Å²) < 4.78 is 0. The normalized spacial score (nSPS) is 20.9. The molecule has 1 N–H and O–H groups in total. The zero-order valence-electron chi connectivity index (χ0n) is 17.8. The standard InChI is InChI=1S/C22H29N3O3S/c1-13(19(27)28)7-10-16(23-6)25(12-14-8-9-14)20-24-17-18(29-20)21(2,3)11-15(26)22(17,4)5/h7,10,14H,6,8-9,11-12H2,1-5H3,(H,27,28)/b13-7+,16-10+. The number of carboxylic acids is 1. The molecule has 0 aliphatic heterocycles. The van der Waals surface area contributed by atoms with Crippen molar-refractivity contribution >= 4 is 34.9 Å². The number of aliphatic imine (C=N–C) groups is 1. The van der Waals surface area contributed by atoms with Crippen LogP contribution in [0.15, 0.2) is 28.5 Å². The number of hydrogen-bond donors (Lipinski definition) is 1. The van der Waals surface area contributed by atoms with Crippen molar-refractivity contribution in [2.75, 3.05) is 11.4 Å². The number of Topliss-reactive ketones (excluding diaryl/α,β-unsaturated/α-hetero) is 1. The Morgan fingerprint density at radius 3 is 2.55 bits per heavy atom. The van der Waals surface area contributed by atoms with E-state index in [1.54, 1.807) is 24.3 Å². The Morgan fingerprint density at radius 2 is 2.00 bits per heavy atom. The Balaban J connectivity index is 2.08. The molecule has 0 aromatic carbocycles. The maximum atomic E-state index is 12.7. The largest absolute Gasteiger partial charge is 0.478 e. The Morgan fingerprint density at radius 1 is 1.34 bits per heavy atom. The maximum Gasteiger partial charge on any atom is 0.331 e. The van der Waals surface area contributed by atoms with E-state index >= 15 is 0 Å². The van der Waals surface area contributed by atoms with Crippen molar-refractivity contribution in [3.05, 3.63) is 34.1 Å². The monoisotopic (exact) mass is 415 g/mol. The number of carbonyl (C=O) groups excluding carboxylic acids is 1. The molecule has 1 saturated carbocycles. The number of aromatic nitrogens is 1. The van der Waals surface area contributed by atoms with Crippen LogP contribution >= 0.6 is 11.3 Å². The zero-order chi connectivity index (χ0) is 21.6. The average Bonchev–Trinajstić information content (AvgIpc) is 3.33. The van der Waals surface area contributed by atoms with Crippen molar-refractivity contribution in [1.29, 1.82) is 0 Å². The van der Waals surface area contributed by atoms with Crippen LogP contribution in [0.3, 0.4) is 0 Å². The lowest BCUT2D eigenvalue weighted by Gasteiger charge is -2.36. The van der Waals surface area contributed by atoms with Crippen molar-refractivity contribution in [2.24, 2.45) is 10.9 Å². The van der Waals surface area contributed by atoms with Crippen molar-refractivity contribution in [3.8, 4) is 0 Å². The number of rotatable bonds is 7. The molecule has 2 aliphatic rings. The zero-order valence-corrected chi connectivity index (χ0v) is 18.6. The molecule has 0 atom stereocenters. The predicted molar refractivity (Wildman–Crippen MR) is 117 cm³/mol. The van der Waals surface area contributed by atoms with Crippen LogP contribution in [0.1, 0.15) is 64.5 Å². The third-order valence-corrected chi connectivity index (χ3v) is 7.19. The molecule has 6 nitrogen and oxygen atoms in total. The summed E-state index contributed by atoms with van der Waals surface area (Å²) in [4.78, 5) is 36.1. The van der Waals surface area contributed by atoms with Gasteiger partial charge in [-0.3, -0.25) is 4.79 Å². The van der Waals surface area contributed by atoms with Crippen LogP contribution in [0.25, 0.3) is 0 Å². The predicted octanol–water partition coefficient (Wildman–Crippen LogP) is 4.46. The fraction of sp³-hybridized carbons (Fsp3) is 0.545. The molecule has 29 heavy (non-hydrogen) atoms. The number of ketones is 1. The highest BCUT2D eigenvalue weighted by Gasteiger charge is 2.46. The number of aliphatic carboxylic acids is 1. The number of fused-ring (bicyclic) bond motifs is 1. The molecule has 0 bridgehead atoms. The Hall–Kier alpha value is -2.28. The number of allylic oxidation sites excluding steroid dienone is 2. The molecule has 156 valence electrons. The molecule has 7 heteroatoms. The lowest BCUT2D eigenvalue weighted by atomic mass is 9.68. The average molecular weight is 416 g/mol. The number of carbonyl (C=O) groups is 2. The topological polar surface area (TPSA) is 82.9 Å². The van der Waals surface area contributed by atoms with E-state index in [1.807, 2.05) is 18.7 Å². The number of anilines is 1. The minimum atomic E-state index is -0.967. The van der Waals surface area contributed by atoms with Crippen LogP contribution in [0, 0.1) is 5.92 Å². The Bertz CT molecular complexity index is 920. The number of hydrogen-bond acceptors (Lipinski definition) is 6. The van der Waals surface area contributed by atoms with E-state index in [0.29, 0.717) is 18.2 Å². The van der Waals surface area contributed by atoms with Gasteiger partial charge in [0.05, 0.1) is 11.1 Å². The fourth-order valence-corrected chi connectivity index (χ4v) is 4.81. The van der Waals surface area contributed by atoms with Gasteiger partial charge in [0.1, 0.15) is 11.6 Å². The van der Waals surface area contributed by atoms with Crippen LogP contribution < -0.4 is 4.90 Å². The number of thiazole rings is 1. The van der Waals surface area contributed by atoms with Crippen LogP contribution in [-0.4, -0.2) is 35.1 Å². The SMILES string of the molecule is C=N/C(=C\C=C(/C)C(=O)O)N(CC1CC1)c1nc2c(s1)C(C)(C)CC(=O)C2(C)C. The highest BCUT2D eigenvalue weighted by Crippen LogP contribution is 2.48. The van der Waals surface area contributed by atoms with Crippen molar-refractivity contribution in [2.45, 2.75) is 64.7 Å². The molecular weight excluding hydrogens is 386 g/mol. The molecule has 2 aliphatic carbocycles. The summed E-state index contributed by atoms with van der Waals surface area (Å²) in [5.74, 6) is 0.377. The van der Waals surface area contributed by atoms with E-state index in [2.05, 4.69) is 25.6 Å². The first-order valence-corrected chi connectivity index (χ1v) is 10.7. The summed E-state index contributed by atoms with van der Waals surface area (Å²) in [7, 11) is 0. The first-order chi connectivity index (χ1) is 13.5. The van der Waals surface area contributed by atoms with E-state index < -0.39 is 11.4 Å². The van der Waals surface area contributed by atoms with Crippen LogP contribution in [0.2, 0.25) is 0 Å². The van der Waals surface area contributed by atoms with Crippen molar-refractivity contribution < 1.29 is 14.7 Å². The molecule has 0 spiro atoms. The molecule has 0 amide bonds. The Kier molecular flexibility index (Phi) is 5.56. The van der Waals surface area contributed by atoms with E-state index in [9.17, 15) is 9.59 Å². The van der Waals surface area contributed by atoms with Gasteiger partial charge in [-0.2, -0.15) is 0 Å². The minimum Gasteiger partial charge on any atom is -0.478 e. The molecule has 0 radical (unpaired) electrons. The van der Waals surface area contributed by atoms with E-state index in [1.165, 1.54) is 6.08 Å². The van der Waals surface area contributed by atoms with Gasteiger partial charge in [0, 0.05) is 28.8 Å². The van der Waals surface area contributed by atoms with Crippen molar-refractivity contribution in [3.63, 3.8) is 0 Å². The molecular formula is C22H29N3O3S. The first-order valence-electron chi connectivity index (χ1n) is 9.88. The lowest BCUT2D eigenvalue weighted by molar-refractivity contribution is -0.132. The summed E-state index contributed by atoms with van der Waals surface area (Å²) in [5.41, 5.74) is 0.203. The molecule has 1 fully saturated rings. The number of carboxylic acid groups (broad SMARTS) is 1. The van der Waals surface area contributed by atoms with Gasteiger partial charge in [-0.1, -0.05) is 13.8 Å². The van der Waals surface area contributed by atoms with Crippen LogP contribution in [0.4, 0.5) is 5.13 Å². The minimum absolute atomic E-state index is 0.207. The fourth-order valence-electron chi connectivity index (χ4n) is 3.47. The highest BCUT2D eigenvalue weighted by atomic mass is 32.1. The third-order valence-electron chi connectivity index (χ3n) is 5.75. The van der Waals surface area contributed by atoms with E-state index in [-0.39, 0.29) is 16.8 Å². The number of nitrogens with zero attached hydrogens (tertiary/aromatic N) is 3. The van der Waals surface area contributed by atoms with Gasteiger partial charge in [-0.05, 0) is 58.4 Å². The Labute approximate surface area is 176 Å². The van der Waals surface area contributed by atoms with E-state index in [0.717, 1.165) is 35.1 Å². The highest BCUT2D eigenvalue weighted by molar-refractivity contribution is 7.16. The molecule has 0 saturated heterocycles. The van der Waals surface area contributed by atoms with Gasteiger partial charge in [-0.25, -0.2) is 14.8 Å². The maximum absolute atomic E-state index is 12.7. The molecule has 0 unspecified atom stereocenters. The second kappa shape index (κ2) is 7.52. The van der Waals surface area contributed by atoms with Crippen LogP contribution in [0.5, 0.6) is 0 Å². The summed E-state index contributed by atoms with van der Waals surface area (Å²) in [5, 5.41) is 9.92. The summed E-state index contributed by atoms with van der Waals surface area (Å²) in [6, 6.07) is 0. The smallest absolute Gasteiger partial charge is 0.331 e. The summed E-state index contributed by atoms with van der Waals surface area (Å²) in [6.07, 6.45) is 6.04. The lowest BCUT2D eigenvalue weighted by Crippen LogP contribution is -2.41. The first kappa shape index (κ1) is 21.4. The third kappa shape index (κ3) is 4.20. The van der Waals surface area contributed by atoms with Gasteiger partial charge < -0.3 is 10.0 Å². The molecule has 1 aromatic heterocycles. The second-order valence-electron chi connectivity index (χ2n) is 9.17. The van der Waals surface area contributed by atoms with Crippen molar-refractivity contribution in [1.82, 2.24) is 4.98 Å². The summed E-state index contributed by atoms with van der Waals surface area (Å²) >= 11 is 1.61. The quantitative estimate of drug-likeness (QED) is 0.404. The van der Waals surface area contributed by atoms with Gasteiger partial charge in [0.2, 0.25) is 0 Å². The van der Waals surface area contributed by atoms with Gasteiger partial charge >= 0.3 is 5.97 Å².